The van der Waals surface area contributed by atoms with Gasteiger partial charge in [-0.3, -0.25) is 4.79 Å². The van der Waals surface area contributed by atoms with Gasteiger partial charge in [0.15, 0.2) is 5.16 Å². The van der Waals surface area contributed by atoms with Crippen molar-refractivity contribution in [2.75, 3.05) is 11.1 Å². The summed E-state index contributed by atoms with van der Waals surface area (Å²) in [6.07, 6.45) is 2.20. The zero-order valence-electron chi connectivity index (χ0n) is 14.9. The fraction of sp³-hybridized carbons (Fsp3) is 0.250. The smallest absolute Gasteiger partial charge is 0.234 e. The molecule has 3 aromatic rings. The zero-order chi connectivity index (χ0) is 19.5. The van der Waals surface area contributed by atoms with Crippen molar-refractivity contribution in [3.63, 3.8) is 0 Å². The summed E-state index contributed by atoms with van der Waals surface area (Å²) in [6.45, 7) is 0.638. The van der Waals surface area contributed by atoms with Gasteiger partial charge in [-0.2, -0.15) is 0 Å². The van der Waals surface area contributed by atoms with Gasteiger partial charge in [0.2, 0.25) is 5.91 Å². The third-order valence-corrected chi connectivity index (χ3v) is 5.32. The summed E-state index contributed by atoms with van der Waals surface area (Å²) < 4.78 is 28.6. The van der Waals surface area contributed by atoms with Gasteiger partial charge < -0.3 is 9.88 Å². The zero-order valence-corrected chi connectivity index (χ0v) is 15.8. The number of benzene rings is 2. The monoisotopic (exact) mass is 400 g/mol. The second-order valence-corrected chi connectivity index (χ2v) is 7.62. The number of halogens is 2. The van der Waals surface area contributed by atoms with Gasteiger partial charge in [0.05, 0.1) is 12.3 Å². The third-order valence-electron chi connectivity index (χ3n) is 4.35. The van der Waals surface area contributed by atoms with E-state index in [4.69, 9.17) is 0 Å². The van der Waals surface area contributed by atoms with E-state index in [0.29, 0.717) is 17.6 Å². The van der Waals surface area contributed by atoms with Crippen LogP contribution in [0.15, 0.2) is 53.7 Å². The number of nitrogens with zero attached hydrogens (tertiary/aromatic N) is 3. The molecule has 1 heterocycles. The van der Waals surface area contributed by atoms with Crippen molar-refractivity contribution in [2.45, 2.75) is 30.5 Å². The van der Waals surface area contributed by atoms with E-state index < -0.39 is 11.6 Å². The van der Waals surface area contributed by atoms with E-state index in [0.717, 1.165) is 42.4 Å². The molecule has 5 nitrogen and oxygen atoms in total. The molecule has 144 valence electrons. The maximum atomic E-state index is 13.3. The van der Waals surface area contributed by atoms with Crippen LogP contribution in [0.4, 0.5) is 14.5 Å². The second kappa shape index (κ2) is 8.10. The first-order valence-corrected chi connectivity index (χ1v) is 9.93. The van der Waals surface area contributed by atoms with Gasteiger partial charge in [-0.05, 0) is 30.5 Å². The van der Waals surface area contributed by atoms with Gasteiger partial charge >= 0.3 is 0 Å². The molecule has 1 aliphatic carbocycles. The van der Waals surface area contributed by atoms with Crippen molar-refractivity contribution in [2.24, 2.45) is 0 Å². The quantitative estimate of drug-likeness (QED) is 0.604. The van der Waals surface area contributed by atoms with Gasteiger partial charge in [-0.25, -0.2) is 8.78 Å². The number of rotatable bonds is 7. The summed E-state index contributed by atoms with van der Waals surface area (Å²) in [5, 5.41) is 11.7. The Hall–Kier alpha value is -2.74. The maximum absolute atomic E-state index is 13.3. The molecule has 0 spiro atoms. The molecule has 1 N–H and O–H groups in total. The van der Waals surface area contributed by atoms with Crippen molar-refractivity contribution in [3.05, 3.63) is 71.6 Å². The first-order valence-electron chi connectivity index (χ1n) is 8.94. The van der Waals surface area contributed by atoms with Gasteiger partial charge in [0.1, 0.15) is 17.5 Å². The molecule has 0 atom stereocenters. The van der Waals surface area contributed by atoms with Crippen LogP contribution in [0.5, 0.6) is 0 Å². The largest absolute Gasteiger partial charge is 0.325 e. The average molecular weight is 400 g/mol. The average Bonchev–Trinajstić information content (AvgIpc) is 3.42. The molecule has 0 radical (unpaired) electrons. The van der Waals surface area contributed by atoms with Crippen LogP contribution in [0, 0.1) is 11.6 Å². The highest BCUT2D eigenvalue weighted by molar-refractivity contribution is 7.99. The fourth-order valence-electron chi connectivity index (χ4n) is 2.92. The molecule has 1 saturated carbocycles. The molecule has 4 rings (SSSR count). The predicted octanol–water partition coefficient (Wildman–Crippen LogP) is 4.21. The Labute approximate surface area is 165 Å². The Bertz CT molecular complexity index is 969. The molecular weight excluding hydrogens is 382 g/mol. The number of thioether (sulfide) groups is 1. The molecule has 0 saturated heterocycles. The summed E-state index contributed by atoms with van der Waals surface area (Å²) in [5.74, 6) is -0.402. The van der Waals surface area contributed by atoms with Crippen LogP contribution in [0.1, 0.15) is 30.1 Å². The molecule has 1 aromatic heterocycles. The topological polar surface area (TPSA) is 59.8 Å². The normalized spacial score (nSPS) is 13.5. The standard InChI is InChI=1S/C20H18F2N4OS/c21-15-8-16(22)10-17(9-15)23-18(27)12-28-20-25-24-19(14-6-7-14)26(20)11-13-4-2-1-3-5-13/h1-5,8-10,14H,6-7,11-12H2,(H,23,27). The van der Waals surface area contributed by atoms with Crippen molar-refractivity contribution < 1.29 is 13.6 Å². The minimum atomic E-state index is -0.736. The van der Waals surface area contributed by atoms with Crippen LogP contribution in [0.2, 0.25) is 0 Å². The van der Waals surface area contributed by atoms with Gasteiger partial charge in [0.25, 0.3) is 0 Å². The first kappa shape index (κ1) is 18.6. The number of amides is 1. The number of hydrogen-bond acceptors (Lipinski definition) is 4. The molecule has 1 fully saturated rings. The van der Waals surface area contributed by atoms with E-state index in [1.807, 2.05) is 34.9 Å². The molecule has 8 heteroatoms. The van der Waals surface area contributed by atoms with Crippen LogP contribution in [-0.2, 0) is 11.3 Å². The summed E-state index contributed by atoms with van der Waals surface area (Å²) in [4.78, 5) is 12.2. The predicted molar refractivity (Wildman–Crippen MR) is 103 cm³/mol. The highest BCUT2D eigenvalue weighted by Gasteiger charge is 2.30. The summed E-state index contributed by atoms with van der Waals surface area (Å²) in [6, 6.07) is 12.9. The van der Waals surface area contributed by atoms with Crippen LogP contribution >= 0.6 is 11.8 Å². The number of carbonyl (C=O) groups is 1. The molecule has 0 unspecified atom stereocenters. The van der Waals surface area contributed by atoms with Crippen LogP contribution in [0.3, 0.4) is 0 Å². The minimum absolute atomic E-state index is 0.0652. The van der Waals surface area contributed by atoms with Crippen molar-refractivity contribution >= 4 is 23.4 Å². The lowest BCUT2D eigenvalue weighted by Gasteiger charge is -2.10. The number of carbonyl (C=O) groups excluding carboxylic acids is 1. The van der Waals surface area contributed by atoms with E-state index in [-0.39, 0.29) is 17.3 Å². The first-order chi connectivity index (χ1) is 13.6. The Morgan fingerprint density at radius 1 is 1.11 bits per heavy atom. The summed E-state index contributed by atoms with van der Waals surface area (Å²) >= 11 is 1.26. The minimum Gasteiger partial charge on any atom is -0.325 e. The van der Waals surface area contributed by atoms with Crippen LogP contribution in [-0.4, -0.2) is 26.4 Å². The lowest BCUT2D eigenvalue weighted by molar-refractivity contribution is -0.113. The number of aromatic nitrogens is 3. The number of nitrogens with one attached hydrogen (secondary N) is 1. The fourth-order valence-corrected chi connectivity index (χ4v) is 3.66. The molecule has 1 aliphatic rings. The molecule has 0 aliphatic heterocycles. The van der Waals surface area contributed by atoms with Gasteiger partial charge in [0, 0.05) is 17.7 Å². The van der Waals surface area contributed by atoms with Crippen LogP contribution < -0.4 is 5.32 Å². The van der Waals surface area contributed by atoms with E-state index in [1.54, 1.807) is 0 Å². The molecular formula is C20H18F2N4OS. The molecule has 0 bridgehead atoms. The van der Waals surface area contributed by atoms with Crippen LogP contribution in [0.25, 0.3) is 0 Å². The van der Waals surface area contributed by atoms with E-state index in [1.165, 1.54) is 11.8 Å². The summed E-state index contributed by atoms with van der Waals surface area (Å²) in [5.41, 5.74) is 1.22. The van der Waals surface area contributed by atoms with E-state index in [2.05, 4.69) is 15.5 Å². The number of anilines is 1. The lowest BCUT2D eigenvalue weighted by atomic mass is 10.2. The van der Waals surface area contributed by atoms with Crippen molar-refractivity contribution in [3.8, 4) is 0 Å². The van der Waals surface area contributed by atoms with E-state index in [9.17, 15) is 13.6 Å². The van der Waals surface area contributed by atoms with Crippen molar-refractivity contribution in [1.82, 2.24) is 14.8 Å². The Morgan fingerprint density at radius 3 is 2.50 bits per heavy atom. The van der Waals surface area contributed by atoms with E-state index >= 15 is 0 Å². The molecule has 2 aromatic carbocycles. The second-order valence-electron chi connectivity index (χ2n) is 6.68. The Kier molecular flexibility index (Phi) is 5.38. The van der Waals surface area contributed by atoms with Gasteiger partial charge in [-0.1, -0.05) is 42.1 Å². The Balaban J connectivity index is 1.45. The highest BCUT2D eigenvalue weighted by atomic mass is 32.2. The SMILES string of the molecule is O=C(CSc1nnc(C2CC2)n1Cc1ccccc1)Nc1cc(F)cc(F)c1. The highest BCUT2D eigenvalue weighted by Crippen LogP contribution is 2.40. The molecule has 28 heavy (non-hydrogen) atoms. The Morgan fingerprint density at radius 2 is 1.82 bits per heavy atom. The lowest BCUT2D eigenvalue weighted by Crippen LogP contribution is -2.15. The maximum Gasteiger partial charge on any atom is 0.234 e. The summed E-state index contributed by atoms with van der Waals surface area (Å²) in [7, 11) is 0. The van der Waals surface area contributed by atoms with Gasteiger partial charge in [-0.15, -0.1) is 10.2 Å². The molecule has 1 amide bonds. The van der Waals surface area contributed by atoms with Crippen molar-refractivity contribution in [1.29, 1.82) is 0 Å². The third kappa shape index (κ3) is 4.56. The number of hydrogen-bond donors (Lipinski definition) is 1.